The van der Waals surface area contributed by atoms with Crippen molar-refractivity contribution >= 4 is 22.1 Å². The number of aliphatic hydroxyl groups is 1. The number of nitrogens with zero attached hydrogens (tertiary/aromatic N) is 2. The van der Waals surface area contributed by atoms with Gasteiger partial charge in [0.1, 0.15) is 0 Å². The second kappa shape index (κ2) is 4.84. The van der Waals surface area contributed by atoms with Gasteiger partial charge in [-0.05, 0) is 5.39 Å². The van der Waals surface area contributed by atoms with Gasteiger partial charge in [-0.3, -0.25) is 9.97 Å². The van der Waals surface area contributed by atoms with Crippen LogP contribution >= 0.6 is 11.3 Å². The van der Waals surface area contributed by atoms with Gasteiger partial charge in [0, 0.05) is 40.8 Å². The normalized spacial score (nSPS) is 12.7. The SMILES string of the molecule is OC(Cc1cncs1)c1cncc2ccccc12. The Bertz CT molecular complexity index is 646. The molecule has 0 fully saturated rings. The van der Waals surface area contributed by atoms with Crippen molar-refractivity contribution in [2.75, 3.05) is 0 Å². The fourth-order valence-corrected chi connectivity index (χ4v) is 2.68. The Morgan fingerprint density at radius 1 is 1.11 bits per heavy atom. The van der Waals surface area contributed by atoms with Crippen molar-refractivity contribution in [1.29, 1.82) is 0 Å². The average molecular weight is 256 g/mol. The molecule has 3 aromatic rings. The Labute approximate surface area is 109 Å². The summed E-state index contributed by atoms with van der Waals surface area (Å²) in [5, 5.41) is 12.4. The zero-order valence-corrected chi connectivity index (χ0v) is 10.5. The monoisotopic (exact) mass is 256 g/mol. The van der Waals surface area contributed by atoms with E-state index in [0.717, 1.165) is 21.2 Å². The number of fused-ring (bicyclic) bond motifs is 1. The number of thiazole rings is 1. The van der Waals surface area contributed by atoms with Crippen molar-refractivity contribution in [3.8, 4) is 0 Å². The van der Waals surface area contributed by atoms with Crippen molar-refractivity contribution in [3.05, 3.63) is 58.8 Å². The minimum atomic E-state index is -0.538. The van der Waals surface area contributed by atoms with Gasteiger partial charge in [-0.15, -0.1) is 11.3 Å². The third-order valence-electron chi connectivity index (χ3n) is 2.94. The number of rotatable bonds is 3. The van der Waals surface area contributed by atoms with Gasteiger partial charge in [0.25, 0.3) is 0 Å². The molecule has 1 aromatic carbocycles. The molecule has 4 heteroatoms. The molecule has 0 saturated heterocycles. The predicted molar refractivity (Wildman–Crippen MR) is 72.5 cm³/mol. The average Bonchev–Trinajstić information content (AvgIpc) is 2.91. The summed E-state index contributed by atoms with van der Waals surface area (Å²) in [6.45, 7) is 0. The van der Waals surface area contributed by atoms with Crippen LogP contribution in [0.25, 0.3) is 10.8 Å². The van der Waals surface area contributed by atoms with Crippen molar-refractivity contribution in [2.45, 2.75) is 12.5 Å². The molecule has 0 radical (unpaired) electrons. The molecule has 0 amide bonds. The Hall–Kier alpha value is -1.78. The van der Waals surface area contributed by atoms with E-state index in [-0.39, 0.29) is 0 Å². The van der Waals surface area contributed by atoms with Gasteiger partial charge < -0.3 is 5.11 Å². The van der Waals surface area contributed by atoms with Crippen molar-refractivity contribution in [1.82, 2.24) is 9.97 Å². The molecule has 0 aliphatic carbocycles. The Kier molecular flexibility index (Phi) is 3.04. The summed E-state index contributed by atoms with van der Waals surface area (Å²) in [6, 6.07) is 7.97. The van der Waals surface area contributed by atoms with Gasteiger partial charge in [0.2, 0.25) is 0 Å². The van der Waals surface area contributed by atoms with E-state index < -0.39 is 6.10 Å². The Morgan fingerprint density at radius 2 is 2.00 bits per heavy atom. The molecular weight excluding hydrogens is 244 g/mol. The lowest BCUT2D eigenvalue weighted by Crippen LogP contribution is -2.02. The van der Waals surface area contributed by atoms with E-state index in [1.54, 1.807) is 29.2 Å². The first-order valence-corrected chi connectivity index (χ1v) is 6.60. The number of hydrogen-bond donors (Lipinski definition) is 1. The van der Waals surface area contributed by atoms with Crippen molar-refractivity contribution in [3.63, 3.8) is 0 Å². The van der Waals surface area contributed by atoms with Crippen molar-refractivity contribution < 1.29 is 5.11 Å². The van der Waals surface area contributed by atoms with Crippen LogP contribution < -0.4 is 0 Å². The highest BCUT2D eigenvalue weighted by molar-refractivity contribution is 7.09. The van der Waals surface area contributed by atoms with Gasteiger partial charge in [-0.25, -0.2) is 0 Å². The smallest absolute Gasteiger partial charge is 0.0859 e. The van der Waals surface area contributed by atoms with Crippen LogP contribution in [-0.2, 0) is 6.42 Å². The topological polar surface area (TPSA) is 46.0 Å². The van der Waals surface area contributed by atoms with Gasteiger partial charge in [0.05, 0.1) is 11.6 Å². The number of hydrogen-bond acceptors (Lipinski definition) is 4. The number of pyridine rings is 1. The minimum Gasteiger partial charge on any atom is -0.388 e. The lowest BCUT2D eigenvalue weighted by atomic mass is 10.0. The highest BCUT2D eigenvalue weighted by Crippen LogP contribution is 2.26. The van der Waals surface area contributed by atoms with E-state index in [4.69, 9.17) is 0 Å². The minimum absolute atomic E-state index is 0.538. The van der Waals surface area contributed by atoms with Crippen LogP contribution in [0.1, 0.15) is 16.5 Å². The van der Waals surface area contributed by atoms with Gasteiger partial charge in [-0.2, -0.15) is 0 Å². The van der Waals surface area contributed by atoms with E-state index in [9.17, 15) is 5.11 Å². The van der Waals surface area contributed by atoms with Crippen LogP contribution in [0.5, 0.6) is 0 Å². The molecule has 1 unspecified atom stereocenters. The van der Waals surface area contributed by atoms with Gasteiger partial charge in [0.15, 0.2) is 0 Å². The van der Waals surface area contributed by atoms with Crippen LogP contribution in [0.2, 0.25) is 0 Å². The summed E-state index contributed by atoms with van der Waals surface area (Å²) in [5.74, 6) is 0. The summed E-state index contributed by atoms with van der Waals surface area (Å²) in [4.78, 5) is 9.29. The number of benzene rings is 1. The number of aromatic nitrogens is 2. The molecule has 0 saturated carbocycles. The molecule has 90 valence electrons. The zero-order chi connectivity index (χ0) is 12.4. The van der Waals surface area contributed by atoms with Crippen LogP contribution in [0, 0.1) is 0 Å². The van der Waals surface area contributed by atoms with Crippen LogP contribution in [0.3, 0.4) is 0 Å². The first-order chi connectivity index (χ1) is 8.84. The van der Waals surface area contributed by atoms with Crippen LogP contribution in [-0.4, -0.2) is 15.1 Å². The van der Waals surface area contributed by atoms with Gasteiger partial charge >= 0.3 is 0 Å². The molecule has 1 N–H and O–H groups in total. The lowest BCUT2D eigenvalue weighted by Gasteiger charge is -2.12. The summed E-state index contributed by atoms with van der Waals surface area (Å²) < 4.78 is 0. The van der Waals surface area contributed by atoms with Crippen LogP contribution in [0.4, 0.5) is 0 Å². The predicted octanol–water partition coefficient (Wildman–Crippen LogP) is 2.97. The molecule has 0 aliphatic rings. The molecule has 0 bridgehead atoms. The molecule has 0 spiro atoms. The molecule has 18 heavy (non-hydrogen) atoms. The van der Waals surface area contributed by atoms with Gasteiger partial charge in [-0.1, -0.05) is 24.3 Å². The fourth-order valence-electron chi connectivity index (χ4n) is 2.05. The maximum absolute atomic E-state index is 10.3. The van der Waals surface area contributed by atoms with E-state index in [1.807, 2.05) is 30.5 Å². The third kappa shape index (κ3) is 2.12. The largest absolute Gasteiger partial charge is 0.388 e. The first kappa shape index (κ1) is 11.3. The number of aliphatic hydroxyl groups excluding tert-OH is 1. The fraction of sp³-hybridized carbons (Fsp3) is 0.143. The molecular formula is C14H12N2OS. The van der Waals surface area contributed by atoms with E-state index in [2.05, 4.69) is 9.97 Å². The Balaban J connectivity index is 1.98. The highest BCUT2D eigenvalue weighted by Gasteiger charge is 2.13. The first-order valence-electron chi connectivity index (χ1n) is 5.72. The van der Waals surface area contributed by atoms with E-state index in [1.165, 1.54) is 0 Å². The second-order valence-corrected chi connectivity index (χ2v) is 5.11. The molecule has 1 atom stereocenters. The zero-order valence-electron chi connectivity index (χ0n) is 9.65. The standard InChI is InChI=1S/C14H12N2OS/c17-14(5-11-7-16-9-18-11)13-8-15-6-10-3-1-2-4-12(10)13/h1-4,6-9,14,17H,5H2. The summed E-state index contributed by atoms with van der Waals surface area (Å²) >= 11 is 1.56. The van der Waals surface area contributed by atoms with Crippen molar-refractivity contribution in [2.24, 2.45) is 0 Å². The highest BCUT2D eigenvalue weighted by atomic mass is 32.1. The molecule has 3 nitrogen and oxygen atoms in total. The lowest BCUT2D eigenvalue weighted by molar-refractivity contribution is 0.180. The quantitative estimate of drug-likeness (QED) is 0.783. The molecule has 3 rings (SSSR count). The van der Waals surface area contributed by atoms with E-state index in [0.29, 0.717) is 6.42 Å². The van der Waals surface area contributed by atoms with Crippen LogP contribution in [0.15, 0.2) is 48.4 Å². The summed E-state index contributed by atoms with van der Waals surface area (Å²) in [7, 11) is 0. The Morgan fingerprint density at radius 3 is 2.83 bits per heavy atom. The maximum Gasteiger partial charge on any atom is 0.0859 e. The molecule has 2 heterocycles. The second-order valence-electron chi connectivity index (χ2n) is 4.14. The summed E-state index contributed by atoms with van der Waals surface area (Å²) in [5.41, 5.74) is 2.66. The molecule has 2 aromatic heterocycles. The van der Waals surface area contributed by atoms with E-state index >= 15 is 0 Å². The molecule has 0 aliphatic heterocycles. The maximum atomic E-state index is 10.3. The summed E-state index contributed by atoms with van der Waals surface area (Å²) in [6.07, 6.45) is 5.41. The third-order valence-corrected chi connectivity index (χ3v) is 3.74.